The number of anilines is 1. The predicted molar refractivity (Wildman–Crippen MR) is 71.1 cm³/mol. The summed E-state index contributed by atoms with van der Waals surface area (Å²) in [6.07, 6.45) is -0.918. The summed E-state index contributed by atoms with van der Waals surface area (Å²) in [4.78, 5) is 5.35. The smallest absolute Gasteiger partial charge is 0.396 e. The molecule has 0 atom stereocenters. The Hall–Kier alpha value is -0.820. The van der Waals surface area contributed by atoms with Crippen molar-refractivity contribution < 1.29 is 18.3 Å². The van der Waals surface area contributed by atoms with E-state index >= 15 is 0 Å². The largest absolute Gasteiger partial charge is 0.419 e. The Balaban J connectivity index is 2.81. The van der Waals surface area contributed by atoms with E-state index in [4.69, 9.17) is 5.11 Å². The molecule has 0 bridgehead atoms. The molecule has 1 aromatic heterocycles. The Labute approximate surface area is 118 Å². The van der Waals surface area contributed by atoms with E-state index in [0.29, 0.717) is 23.9 Å². The van der Waals surface area contributed by atoms with Gasteiger partial charge in [-0.2, -0.15) is 13.2 Å². The molecule has 0 aliphatic rings. The molecule has 3 nitrogen and oxygen atoms in total. The molecule has 7 heteroatoms. The van der Waals surface area contributed by atoms with E-state index < -0.39 is 11.7 Å². The van der Waals surface area contributed by atoms with Crippen molar-refractivity contribution in [2.75, 3.05) is 25.1 Å². The summed E-state index contributed by atoms with van der Waals surface area (Å²) in [5.74, 6) is -0.0697. The van der Waals surface area contributed by atoms with Gasteiger partial charge in [-0.15, -0.1) is 0 Å². The van der Waals surface area contributed by atoms with Crippen LogP contribution in [0, 0.1) is 0 Å². The topological polar surface area (TPSA) is 36.4 Å². The summed E-state index contributed by atoms with van der Waals surface area (Å²) in [6, 6.07) is 1.03. The monoisotopic (exact) mass is 340 g/mol. The zero-order valence-corrected chi connectivity index (χ0v) is 12.1. The van der Waals surface area contributed by atoms with E-state index in [-0.39, 0.29) is 12.4 Å². The number of aliphatic hydroxyl groups is 1. The minimum atomic E-state index is -4.43. The number of nitrogens with zero attached hydrogens (tertiary/aromatic N) is 2. The number of aromatic nitrogens is 1. The number of hydrogen-bond donors (Lipinski definition) is 1. The lowest BCUT2D eigenvalue weighted by Gasteiger charge is -2.22. The average molecular weight is 341 g/mol. The Morgan fingerprint density at radius 3 is 2.58 bits per heavy atom. The van der Waals surface area contributed by atoms with Gasteiger partial charge >= 0.3 is 6.18 Å². The Morgan fingerprint density at radius 1 is 1.32 bits per heavy atom. The van der Waals surface area contributed by atoms with Crippen molar-refractivity contribution >= 4 is 21.7 Å². The first kappa shape index (κ1) is 16.2. The normalized spacial score (nSPS) is 11.7. The molecular formula is C12H16BrF3N2O. The zero-order valence-electron chi connectivity index (χ0n) is 10.5. The van der Waals surface area contributed by atoms with Crippen molar-refractivity contribution in [1.82, 2.24) is 4.98 Å². The number of halogens is 4. The van der Waals surface area contributed by atoms with Crippen molar-refractivity contribution in [3.05, 3.63) is 22.3 Å². The van der Waals surface area contributed by atoms with Crippen LogP contribution in [-0.2, 0) is 6.18 Å². The van der Waals surface area contributed by atoms with Gasteiger partial charge in [-0.1, -0.05) is 0 Å². The van der Waals surface area contributed by atoms with E-state index in [9.17, 15) is 13.2 Å². The van der Waals surface area contributed by atoms with E-state index in [1.807, 2.05) is 0 Å². The molecule has 0 fully saturated rings. The lowest BCUT2D eigenvalue weighted by Crippen LogP contribution is -2.23. The summed E-state index contributed by atoms with van der Waals surface area (Å²) < 4.78 is 39.0. The summed E-state index contributed by atoms with van der Waals surface area (Å²) in [5.41, 5.74) is -0.744. The number of hydrogen-bond acceptors (Lipinski definition) is 3. The lowest BCUT2D eigenvalue weighted by molar-refractivity contribution is -0.137. The molecule has 0 aliphatic carbocycles. The van der Waals surface area contributed by atoms with E-state index in [2.05, 4.69) is 20.9 Å². The second-order valence-corrected chi connectivity index (χ2v) is 5.14. The van der Waals surface area contributed by atoms with Crippen molar-refractivity contribution in [3.8, 4) is 0 Å². The third kappa shape index (κ3) is 4.99. The second kappa shape index (κ2) is 7.09. The highest BCUT2D eigenvalue weighted by Gasteiger charge is 2.35. The number of pyridine rings is 1. The van der Waals surface area contributed by atoms with Crippen molar-refractivity contribution in [1.29, 1.82) is 0 Å². The summed E-state index contributed by atoms with van der Waals surface area (Å²) in [7, 11) is 1.59. The van der Waals surface area contributed by atoms with Crippen LogP contribution in [0.3, 0.4) is 0 Å². The van der Waals surface area contributed by atoms with Crippen molar-refractivity contribution in [3.63, 3.8) is 0 Å². The van der Waals surface area contributed by atoms with Gasteiger partial charge in [0.25, 0.3) is 0 Å². The van der Waals surface area contributed by atoms with Gasteiger partial charge in [0.15, 0.2) is 0 Å². The van der Waals surface area contributed by atoms with Crippen LogP contribution in [0.1, 0.15) is 24.8 Å². The molecule has 0 saturated heterocycles. The summed E-state index contributed by atoms with van der Waals surface area (Å²) >= 11 is 3.00. The highest BCUT2D eigenvalue weighted by Crippen LogP contribution is 2.36. The molecule has 19 heavy (non-hydrogen) atoms. The van der Waals surface area contributed by atoms with Gasteiger partial charge in [-0.05, 0) is 41.3 Å². The number of unbranched alkanes of at least 4 members (excludes halogenated alkanes) is 2. The van der Waals surface area contributed by atoms with Gasteiger partial charge in [-0.3, -0.25) is 0 Å². The average Bonchev–Trinajstić information content (AvgIpc) is 2.33. The van der Waals surface area contributed by atoms with Crippen LogP contribution >= 0.6 is 15.9 Å². The lowest BCUT2D eigenvalue weighted by atomic mass is 10.2. The summed E-state index contributed by atoms with van der Waals surface area (Å²) in [6.45, 7) is 0.575. The fourth-order valence-electron chi connectivity index (χ4n) is 1.69. The third-order valence-electron chi connectivity index (χ3n) is 2.65. The molecule has 0 aliphatic heterocycles. The molecule has 0 unspecified atom stereocenters. The van der Waals surface area contributed by atoms with Crippen LogP contribution in [0.4, 0.5) is 19.0 Å². The maximum Gasteiger partial charge on any atom is 0.419 e. The quantitative estimate of drug-likeness (QED) is 0.805. The maximum absolute atomic E-state index is 12.9. The highest BCUT2D eigenvalue weighted by molar-refractivity contribution is 9.10. The molecule has 1 N–H and O–H groups in total. The van der Waals surface area contributed by atoms with Crippen LogP contribution in [0.25, 0.3) is 0 Å². The van der Waals surface area contributed by atoms with E-state index in [0.717, 1.165) is 12.5 Å². The van der Waals surface area contributed by atoms with Crippen LogP contribution in [-0.4, -0.2) is 30.3 Å². The molecule has 1 heterocycles. The predicted octanol–water partition coefficient (Wildman–Crippen LogP) is 3.46. The Bertz CT molecular complexity index is 412. The molecule has 0 radical (unpaired) electrons. The zero-order chi connectivity index (χ0) is 14.5. The fraction of sp³-hybridized carbons (Fsp3) is 0.583. The van der Waals surface area contributed by atoms with Gasteiger partial charge in [0.2, 0.25) is 0 Å². The second-order valence-electron chi connectivity index (χ2n) is 4.23. The van der Waals surface area contributed by atoms with Gasteiger partial charge in [-0.25, -0.2) is 4.98 Å². The first-order valence-corrected chi connectivity index (χ1v) is 6.70. The molecule has 108 valence electrons. The van der Waals surface area contributed by atoms with Crippen LogP contribution in [0.2, 0.25) is 0 Å². The minimum absolute atomic E-state index is 0.0697. The Morgan fingerprint density at radius 2 is 2.00 bits per heavy atom. The standard InChI is InChI=1S/C12H16BrF3N2O/c1-18(5-3-2-4-6-19)11-10(12(14,15)16)7-9(13)8-17-11/h7-8,19H,2-6H2,1H3. The molecule has 0 spiro atoms. The molecule has 0 aromatic carbocycles. The molecule has 1 aromatic rings. The molecule has 0 saturated carbocycles. The van der Waals surface area contributed by atoms with E-state index in [1.54, 1.807) is 7.05 Å². The third-order valence-corrected chi connectivity index (χ3v) is 3.09. The molecule has 0 amide bonds. The molecular weight excluding hydrogens is 325 g/mol. The minimum Gasteiger partial charge on any atom is -0.396 e. The van der Waals surface area contributed by atoms with Gasteiger partial charge < -0.3 is 10.0 Å². The molecule has 1 rings (SSSR count). The van der Waals surface area contributed by atoms with Gasteiger partial charge in [0, 0.05) is 30.9 Å². The van der Waals surface area contributed by atoms with Crippen LogP contribution in [0.15, 0.2) is 16.7 Å². The van der Waals surface area contributed by atoms with Crippen molar-refractivity contribution in [2.24, 2.45) is 0 Å². The fourth-order valence-corrected chi connectivity index (χ4v) is 2.02. The van der Waals surface area contributed by atoms with Gasteiger partial charge in [0.05, 0.1) is 5.56 Å². The van der Waals surface area contributed by atoms with Crippen LogP contribution in [0.5, 0.6) is 0 Å². The first-order chi connectivity index (χ1) is 8.86. The van der Waals surface area contributed by atoms with Gasteiger partial charge in [0.1, 0.15) is 5.82 Å². The van der Waals surface area contributed by atoms with E-state index in [1.165, 1.54) is 11.1 Å². The van der Waals surface area contributed by atoms with Crippen molar-refractivity contribution in [2.45, 2.75) is 25.4 Å². The first-order valence-electron chi connectivity index (χ1n) is 5.91. The number of alkyl halides is 3. The SMILES string of the molecule is CN(CCCCCO)c1ncc(Br)cc1C(F)(F)F. The Kier molecular flexibility index (Phi) is 6.06. The summed E-state index contributed by atoms with van der Waals surface area (Å²) in [5, 5.41) is 8.65. The maximum atomic E-state index is 12.9. The number of rotatable bonds is 6. The number of aliphatic hydroxyl groups excluding tert-OH is 1. The highest BCUT2D eigenvalue weighted by atomic mass is 79.9. The van der Waals surface area contributed by atoms with Crippen LogP contribution < -0.4 is 4.90 Å².